The van der Waals surface area contributed by atoms with Crippen molar-refractivity contribution in [2.45, 2.75) is 23.8 Å². The van der Waals surface area contributed by atoms with Gasteiger partial charge in [-0.3, -0.25) is 10.1 Å². The number of rotatable bonds is 5. The third-order valence-electron chi connectivity index (χ3n) is 6.19. The van der Waals surface area contributed by atoms with Gasteiger partial charge in [-0.2, -0.15) is 4.31 Å². The first-order valence-corrected chi connectivity index (χ1v) is 11.5. The van der Waals surface area contributed by atoms with Gasteiger partial charge in [0.25, 0.3) is 5.69 Å². The first-order chi connectivity index (χ1) is 14.3. The molecule has 1 aliphatic heterocycles. The summed E-state index contributed by atoms with van der Waals surface area (Å²) in [7, 11) is 0.0142. The second-order valence-electron chi connectivity index (χ2n) is 7.98. The lowest BCUT2D eigenvalue weighted by atomic mass is 10.1. The van der Waals surface area contributed by atoms with E-state index in [-0.39, 0.29) is 16.6 Å². The van der Waals surface area contributed by atoms with Crippen LogP contribution < -0.4 is 4.90 Å². The predicted molar refractivity (Wildman–Crippen MR) is 115 cm³/mol. The highest BCUT2D eigenvalue weighted by Gasteiger charge is 2.33. The first kappa shape index (κ1) is 20.8. The van der Waals surface area contributed by atoms with E-state index in [1.54, 1.807) is 6.07 Å². The molecule has 30 heavy (non-hydrogen) atoms. The SMILES string of the molecule is CN1CCN(S(=O)(=O)c2ccc(N(C)C3CCc4ccccc43)c([N+](=O)[O-])c2)CC1. The molecule has 0 N–H and O–H groups in total. The van der Waals surface area contributed by atoms with Crippen LogP contribution in [-0.2, 0) is 16.4 Å². The molecule has 0 aromatic heterocycles. The Bertz CT molecular complexity index is 1060. The molecule has 9 heteroatoms. The number of anilines is 1. The van der Waals surface area contributed by atoms with Crippen molar-refractivity contribution in [2.75, 3.05) is 45.2 Å². The summed E-state index contributed by atoms with van der Waals surface area (Å²) in [6, 6.07) is 12.4. The van der Waals surface area contributed by atoms with Crippen LogP contribution in [0, 0.1) is 10.1 Å². The molecule has 0 bridgehead atoms. The zero-order chi connectivity index (χ0) is 21.5. The van der Waals surface area contributed by atoms with Gasteiger partial charge in [0.05, 0.1) is 15.9 Å². The predicted octanol–water partition coefficient (Wildman–Crippen LogP) is 2.65. The Morgan fingerprint density at radius 3 is 2.50 bits per heavy atom. The maximum atomic E-state index is 13.0. The van der Waals surface area contributed by atoms with E-state index in [2.05, 4.69) is 17.0 Å². The Morgan fingerprint density at radius 2 is 1.80 bits per heavy atom. The molecule has 4 rings (SSSR count). The molecule has 0 radical (unpaired) electrons. The number of nitrogens with zero attached hydrogens (tertiary/aromatic N) is 4. The van der Waals surface area contributed by atoms with Gasteiger partial charge in [-0.1, -0.05) is 24.3 Å². The summed E-state index contributed by atoms with van der Waals surface area (Å²) in [5.74, 6) is 0. The van der Waals surface area contributed by atoms with Gasteiger partial charge in [-0.15, -0.1) is 0 Å². The second kappa shape index (κ2) is 7.98. The molecule has 1 atom stereocenters. The number of hydrogen-bond donors (Lipinski definition) is 0. The first-order valence-electron chi connectivity index (χ1n) is 10.1. The molecule has 1 saturated heterocycles. The van der Waals surface area contributed by atoms with Crippen LogP contribution in [0.1, 0.15) is 23.6 Å². The highest BCUT2D eigenvalue weighted by atomic mass is 32.2. The van der Waals surface area contributed by atoms with E-state index in [9.17, 15) is 18.5 Å². The standard InChI is InChI=1S/C21H26N4O4S/c1-22-11-13-24(14-12-22)30(28,29)17-8-10-20(21(15-17)25(26)27)23(2)19-9-7-16-5-3-4-6-18(16)19/h3-6,8,10,15,19H,7,9,11-14H2,1-2H3. The number of sulfonamides is 1. The fraction of sp³-hybridized carbons (Fsp3) is 0.429. The maximum Gasteiger partial charge on any atom is 0.293 e. The molecule has 0 amide bonds. The molecule has 2 aromatic carbocycles. The van der Waals surface area contributed by atoms with Crippen molar-refractivity contribution >= 4 is 21.4 Å². The normalized spacial score (nSPS) is 20.1. The van der Waals surface area contributed by atoms with E-state index in [4.69, 9.17) is 0 Å². The highest BCUT2D eigenvalue weighted by Crippen LogP contribution is 2.41. The molecule has 8 nitrogen and oxygen atoms in total. The van der Waals surface area contributed by atoms with E-state index in [0.717, 1.165) is 12.8 Å². The summed E-state index contributed by atoms with van der Waals surface area (Å²) in [5.41, 5.74) is 2.67. The van der Waals surface area contributed by atoms with Crippen LogP contribution in [0.25, 0.3) is 0 Å². The molecular formula is C21H26N4O4S. The van der Waals surface area contributed by atoms with Gasteiger partial charge >= 0.3 is 0 Å². The summed E-state index contributed by atoms with van der Waals surface area (Å²) >= 11 is 0. The number of hydrogen-bond acceptors (Lipinski definition) is 6. The minimum absolute atomic E-state index is 0.0253. The molecule has 1 unspecified atom stereocenters. The lowest BCUT2D eigenvalue weighted by Gasteiger charge is -2.31. The van der Waals surface area contributed by atoms with Crippen LogP contribution in [0.3, 0.4) is 0 Å². The Labute approximate surface area is 176 Å². The monoisotopic (exact) mass is 430 g/mol. The topological polar surface area (TPSA) is 87.0 Å². The van der Waals surface area contributed by atoms with Crippen LogP contribution in [0.5, 0.6) is 0 Å². The quantitative estimate of drug-likeness (QED) is 0.535. The molecule has 160 valence electrons. The Morgan fingerprint density at radius 1 is 1.10 bits per heavy atom. The number of aryl methyl sites for hydroxylation is 1. The molecule has 2 aliphatic rings. The average molecular weight is 431 g/mol. The molecule has 0 saturated carbocycles. The van der Waals surface area contributed by atoms with Gasteiger partial charge in [-0.05, 0) is 43.1 Å². The van der Waals surface area contributed by atoms with E-state index >= 15 is 0 Å². The van der Waals surface area contributed by atoms with Gasteiger partial charge in [0.15, 0.2) is 0 Å². The maximum absolute atomic E-state index is 13.0. The third kappa shape index (κ3) is 3.68. The van der Waals surface area contributed by atoms with Crippen LogP contribution >= 0.6 is 0 Å². The summed E-state index contributed by atoms with van der Waals surface area (Å²) in [6.07, 6.45) is 1.79. The van der Waals surface area contributed by atoms with Crippen molar-refractivity contribution in [3.63, 3.8) is 0 Å². The van der Waals surface area contributed by atoms with Crippen LogP contribution in [-0.4, -0.2) is 62.8 Å². The van der Waals surface area contributed by atoms with Gasteiger partial charge in [0.1, 0.15) is 5.69 Å². The number of fused-ring (bicyclic) bond motifs is 1. The number of likely N-dealkylation sites (N-methyl/N-ethyl adjacent to an activating group) is 1. The number of benzene rings is 2. The van der Waals surface area contributed by atoms with Crippen LogP contribution in [0.2, 0.25) is 0 Å². The molecular weight excluding hydrogens is 404 g/mol. The lowest BCUT2D eigenvalue weighted by Crippen LogP contribution is -2.47. The minimum atomic E-state index is -3.77. The van der Waals surface area contributed by atoms with Gasteiger partial charge in [0.2, 0.25) is 10.0 Å². The Kier molecular flexibility index (Phi) is 5.52. The third-order valence-corrected chi connectivity index (χ3v) is 8.09. The smallest absolute Gasteiger partial charge is 0.293 e. The number of nitro groups is 1. The van der Waals surface area contributed by atoms with Crippen LogP contribution in [0.15, 0.2) is 47.4 Å². The van der Waals surface area contributed by atoms with Gasteiger partial charge in [0, 0.05) is 39.3 Å². The number of piperazine rings is 1. The summed E-state index contributed by atoms with van der Waals surface area (Å²) < 4.78 is 27.5. The summed E-state index contributed by atoms with van der Waals surface area (Å²) in [4.78, 5) is 15.3. The molecule has 1 fully saturated rings. The zero-order valence-electron chi connectivity index (χ0n) is 17.2. The van der Waals surface area contributed by atoms with Crippen molar-refractivity contribution in [3.05, 3.63) is 63.7 Å². The van der Waals surface area contributed by atoms with Gasteiger partial charge < -0.3 is 9.80 Å². The molecule has 1 heterocycles. The zero-order valence-corrected chi connectivity index (χ0v) is 18.0. The Hall–Kier alpha value is -2.49. The van der Waals surface area contributed by atoms with Crippen molar-refractivity contribution in [2.24, 2.45) is 0 Å². The van der Waals surface area contributed by atoms with Crippen molar-refractivity contribution in [1.82, 2.24) is 9.21 Å². The van der Waals surface area contributed by atoms with E-state index in [1.807, 2.05) is 31.1 Å². The largest absolute Gasteiger partial charge is 0.362 e. The second-order valence-corrected chi connectivity index (χ2v) is 9.92. The van der Waals surface area contributed by atoms with E-state index in [1.165, 1.54) is 27.6 Å². The molecule has 2 aromatic rings. The van der Waals surface area contributed by atoms with Crippen LogP contribution in [0.4, 0.5) is 11.4 Å². The van der Waals surface area contributed by atoms with Gasteiger partial charge in [-0.25, -0.2) is 8.42 Å². The molecule has 0 spiro atoms. The van der Waals surface area contributed by atoms with Crippen molar-refractivity contribution in [3.8, 4) is 0 Å². The average Bonchev–Trinajstić information content (AvgIpc) is 3.17. The van der Waals surface area contributed by atoms with Crippen molar-refractivity contribution in [1.29, 1.82) is 0 Å². The van der Waals surface area contributed by atoms with E-state index in [0.29, 0.717) is 31.9 Å². The Balaban J connectivity index is 1.67. The fourth-order valence-electron chi connectivity index (χ4n) is 4.39. The number of nitro benzene ring substituents is 1. The summed E-state index contributed by atoms with van der Waals surface area (Å²) in [6.45, 7) is 2.05. The van der Waals surface area contributed by atoms with Crippen molar-refractivity contribution < 1.29 is 13.3 Å². The highest BCUT2D eigenvalue weighted by molar-refractivity contribution is 7.89. The van der Waals surface area contributed by atoms with E-state index < -0.39 is 14.9 Å². The lowest BCUT2D eigenvalue weighted by molar-refractivity contribution is -0.384. The fourth-order valence-corrected chi connectivity index (χ4v) is 5.83. The summed E-state index contributed by atoms with van der Waals surface area (Å²) in [5, 5.41) is 11.8. The molecule has 1 aliphatic carbocycles. The minimum Gasteiger partial charge on any atom is -0.362 e.